The molecular formula is C19H19BrN4OS. The van der Waals surface area contributed by atoms with E-state index in [0.717, 1.165) is 15.7 Å². The Kier molecular flexibility index (Phi) is 6.11. The molecule has 0 unspecified atom stereocenters. The highest BCUT2D eigenvalue weighted by molar-refractivity contribution is 9.10. The minimum atomic E-state index is 0.0522. The van der Waals surface area contributed by atoms with Gasteiger partial charge >= 0.3 is 0 Å². The second-order valence-electron chi connectivity index (χ2n) is 5.98. The molecule has 0 atom stereocenters. The molecule has 134 valence electrons. The van der Waals surface area contributed by atoms with Gasteiger partial charge in [-0.2, -0.15) is 0 Å². The van der Waals surface area contributed by atoms with Gasteiger partial charge in [0.2, 0.25) is 5.91 Å². The zero-order valence-electron chi connectivity index (χ0n) is 14.6. The van der Waals surface area contributed by atoms with Crippen molar-refractivity contribution >= 4 is 33.6 Å². The summed E-state index contributed by atoms with van der Waals surface area (Å²) in [6, 6.07) is 16.1. The van der Waals surface area contributed by atoms with E-state index in [2.05, 4.69) is 26.1 Å². The fourth-order valence-corrected chi connectivity index (χ4v) is 3.53. The maximum atomic E-state index is 12.4. The third-order valence-corrected chi connectivity index (χ3v) is 5.37. The van der Waals surface area contributed by atoms with E-state index in [1.54, 1.807) is 11.2 Å². The Morgan fingerprint density at radius 2 is 1.85 bits per heavy atom. The van der Waals surface area contributed by atoms with Crippen LogP contribution < -0.4 is 0 Å². The lowest BCUT2D eigenvalue weighted by molar-refractivity contribution is -0.127. The number of amides is 1. The Morgan fingerprint density at radius 3 is 2.54 bits per heavy atom. The van der Waals surface area contributed by atoms with Crippen molar-refractivity contribution in [1.82, 2.24) is 19.7 Å². The summed E-state index contributed by atoms with van der Waals surface area (Å²) in [6.07, 6.45) is 1.67. The van der Waals surface area contributed by atoms with Gasteiger partial charge < -0.3 is 4.90 Å². The Bertz CT molecular complexity index is 877. The molecule has 1 heterocycles. The van der Waals surface area contributed by atoms with Crippen molar-refractivity contribution in [3.05, 3.63) is 70.5 Å². The Labute approximate surface area is 165 Å². The van der Waals surface area contributed by atoms with Gasteiger partial charge in [0, 0.05) is 23.8 Å². The van der Waals surface area contributed by atoms with E-state index in [4.69, 9.17) is 0 Å². The number of nitrogens with zero attached hydrogens (tertiary/aromatic N) is 4. The summed E-state index contributed by atoms with van der Waals surface area (Å²) >= 11 is 4.81. The lowest BCUT2D eigenvalue weighted by Crippen LogP contribution is -2.27. The maximum Gasteiger partial charge on any atom is 0.233 e. The summed E-state index contributed by atoms with van der Waals surface area (Å²) < 4.78 is 2.92. The van der Waals surface area contributed by atoms with E-state index in [0.29, 0.717) is 17.5 Å². The summed E-state index contributed by atoms with van der Waals surface area (Å²) in [4.78, 5) is 14.2. The van der Waals surface area contributed by atoms with Gasteiger partial charge in [0.25, 0.3) is 0 Å². The minimum Gasteiger partial charge on any atom is -0.341 e. The number of aromatic nitrogens is 3. The molecule has 0 aliphatic heterocycles. The van der Waals surface area contributed by atoms with Crippen molar-refractivity contribution in [1.29, 1.82) is 0 Å². The zero-order valence-corrected chi connectivity index (χ0v) is 17.0. The first kappa shape index (κ1) is 18.7. The van der Waals surface area contributed by atoms with Crippen LogP contribution in [0.1, 0.15) is 11.1 Å². The number of halogens is 1. The van der Waals surface area contributed by atoms with Gasteiger partial charge in [0.05, 0.1) is 5.75 Å². The van der Waals surface area contributed by atoms with Crippen LogP contribution in [0, 0.1) is 6.92 Å². The molecule has 7 heteroatoms. The second kappa shape index (κ2) is 8.51. The quantitative estimate of drug-likeness (QED) is 0.552. The second-order valence-corrected chi connectivity index (χ2v) is 7.84. The lowest BCUT2D eigenvalue weighted by atomic mass is 10.2. The molecule has 5 nitrogen and oxygen atoms in total. The van der Waals surface area contributed by atoms with E-state index in [1.807, 2.05) is 67.1 Å². The van der Waals surface area contributed by atoms with Crippen LogP contribution in [0.15, 0.2) is 64.5 Å². The first-order valence-corrected chi connectivity index (χ1v) is 9.89. The van der Waals surface area contributed by atoms with Gasteiger partial charge in [-0.05, 0) is 36.8 Å². The molecule has 3 aromatic rings. The Hall–Kier alpha value is -2.12. The monoisotopic (exact) mass is 430 g/mol. The molecule has 0 fully saturated rings. The average Bonchev–Trinajstić information content (AvgIpc) is 3.10. The summed E-state index contributed by atoms with van der Waals surface area (Å²) in [5, 5.41) is 8.83. The fraction of sp³-hybridized carbons (Fsp3) is 0.211. The highest BCUT2D eigenvalue weighted by Crippen LogP contribution is 2.20. The standard InChI is InChI=1S/C19H19BrN4OS/c1-14-3-9-17(10-4-14)24-13-21-22-19(24)26-12-18(25)23(2)11-15-5-7-16(20)8-6-15/h3-10,13H,11-12H2,1-2H3. The molecule has 0 N–H and O–H groups in total. The number of hydrogen-bond acceptors (Lipinski definition) is 4. The van der Waals surface area contributed by atoms with Gasteiger partial charge in [-0.15, -0.1) is 10.2 Å². The predicted octanol–water partition coefficient (Wildman–Crippen LogP) is 4.09. The number of aryl methyl sites for hydroxylation is 1. The van der Waals surface area contributed by atoms with Crippen LogP contribution in [-0.4, -0.2) is 38.4 Å². The number of rotatable bonds is 6. The van der Waals surface area contributed by atoms with Gasteiger partial charge in [-0.1, -0.05) is 57.5 Å². The van der Waals surface area contributed by atoms with E-state index in [9.17, 15) is 4.79 Å². The fourth-order valence-electron chi connectivity index (χ4n) is 2.39. The van der Waals surface area contributed by atoms with Gasteiger partial charge in [0.15, 0.2) is 5.16 Å². The molecule has 1 aromatic heterocycles. The molecule has 0 saturated heterocycles. The molecule has 26 heavy (non-hydrogen) atoms. The molecule has 2 aromatic carbocycles. The minimum absolute atomic E-state index is 0.0522. The molecule has 0 saturated carbocycles. The average molecular weight is 431 g/mol. The van der Waals surface area contributed by atoms with Crippen LogP contribution in [-0.2, 0) is 11.3 Å². The van der Waals surface area contributed by atoms with Crippen LogP contribution >= 0.6 is 27.7 Å². The highest BCUT2D eigenvalue weighted by atomic mass is 79.9. The number of hydrogen-bond donors (Lipinski definition) is 0. The SMILES string of the molecule is Cc1ccc(-n2cnnc2SCC(=O)N(C)Cc2ccc(Br)cc2)cc1. The predicted molar refractivity (Wildman–Crippen MR) is 107 cm³/mol. The van der Waals surface area contributed by atoms with Crippen LogP contribution in [0.2, 0.25) is 0 Å². The van der Waals surface area contributed by atoms with Crippen LogP contribution in [0.25, 0.3) is 5.69 Å². The molecule has 1 amide bonds. The lowest BCUT2D eigenvalue weighted by Gasteiger charge is -2.17. The van der Waals surface area contributed by atoms with Crippen LogP contribution in [0.5, 0.6) is 0 Å². The molecule has 0 bridgehead atoms. The number of thioether (sulfide) groups is 1. The van der Waals surface area contributed by atoms with Crippen LogP contribution in [0.3, 0.4) is 0 Å². The summed E-state index contributed by atoms with van der Waals surface area (Å²) in [5.74, 6) is 0.369. The van der Waals surface area contributed by atoms with Crippen molar-refractivity contribution in [3.63, 3.8) is 0 Å². The number of carbonyl (C=O) groups is 1. The molecule has 0 aliphatic carbocycles. The number of benzene rings is 2. The molecule has 0 spiro atoms. The van der Waals surface area contributed by atoms with Crippen LogP contribution in [0.4, 0.5) is 0 Å². The molecule has 0 radical (unpaired) electrons. The summed E-state index contributed by atoms with van der Waals surface area (Å²) in [6.45, 7) is 2.63. The third-order valence-electron chi connectivity index (χ3n) is 3.91. The number of carbonyl (C=O) groups excluding carboxylic acids is 1. The van der Waals surface area contributed by atoms with Gasteiger partial charge in [-0.25, -0.2) is 0 Å². The van der Waals surface area contributed by atoms with Crippen molar-refractivity contribution in [2.24, 2.45) is 0 Å². The topological polar surface area (TPSA) is 51.0 Å². The normalized spacial score (nSPS) is 10.7. The van der Waals surface area contributed by atoms with E-state index >= 15 is 0 Å². The van der Waals surface area contributed by atoms with Gasteiger partial charge in [0.1, 0.15) is 6.33 Å². The largest absolute Gasteiger partial charge is 0.341 e. The zero-order chi connectivity index (χ0) is 18.5. The smallest absolute Gasteiger partial charge is 0.233 e. The highest BCUT2D eigenvalue weighted by Gasteiger charge is 2.13. The first-order chi connectivity index (χ1) is 12.5. The van der Waals surface area contributed by atoms with Gasteiger partial charge in [-0.3, -0.25) is 9.36 Å². The Balaban J connectivity index is 1.60. The molecule has 3 rings (SSSR count). The van der Waals surface area contributed by atoms with Crippen molar-refractivity contribution in [3.8, 4) is 5.69 Å². The summed E-state index contributed by atoms with van der Waals surface area (Å²) in [7, 11) is 1.82. The Morgan fingerprint density at radius 1 is 1.15 bits per heavy atom. The van der Waals surface area contributed by atoms with Crippen molar-refractivity contribution < 1.29 is 4.79 Å². The van der Waals surface area contributed by atoms with Crippen molar-refractivity contribution in [2.45, 2.75) is 18.6 Å². The van der Waals surface area contributed by atoms with E-state index in [1.165, 1.54) is 17.3 Å². The van der Waals surface area contributed by atoms with E-state index in [-0.39, 0.29) is 5.91 Å². The third kappa shape index (κ3) is 4.74. The maximum absolute atomic E-state index is 12.4. The molecule has 0 aliphatic rings. The van der Waals surface area contributed by atoms with E-state index < -0.39 is 0 Å². The summed E-state index contributed by atoms with van der Waals surface area (Å²) in [5.41, 5.74) is 3.27. The molecular weight excluding hydrogens is 412 g/mol. The first-order valence-electron chi connectivity index (χ1n) is 8.11. The van der Waals surface area contributed by atoms with Crippen molar-refractivity contribution in [2.75, 3.05) is 12.8 Å².